The molecule has 150 valence electrons. The Morgan fingerprint density at radius 3 is 2.61 bits per heavy atom. The quantitative estimate of drug-likeness (QED) is 0.566. The minimum Gasteiger partial charge on any atom is -0.357 e. The molecule has 2 aromatic rings. The number of halogens is 2. The summed E-state index contributed by atoms with van der Waals surface area (Å²) >= 11 is 0. The fourth-order valence-electron chi connectivity index (χ4n) is 2.61. The van der Waals surface area contributed by atoms with Crippen molar-refractivity contribution in [1.82, 2.24) is 15.5 Å². The van der Waals surface area contributed by atoms with Crippen LogP contribution in [-0.4, -0.2) is 44.0 Å². The Morgan fingerprint density at radius 1 is 1.11 bits per heavy atom. The van der Waals surface area contributed by atoms with Crippen molar-refractivity contribution >= 4 is 11.9 Å². The largest absolute Gasteiger partial charge is 0.357 e. The number of aliphatic imine (C=N–C) groups is 1. The molecule has 1 amide bonds. The predicted octanol–water partition coefficient (Wildman–Crippen LogP) is 2.96. The van der Waals surface area contributed by atoms with E-state index in [1.807, 2.05) is 25.1 Å². The van der Waals surface area contributed by atoms with Gasteiger partial charge in [0.2, 0.25) is 0 Å². The van der Waals surface area contributed by atoms with Crippen molar-refractivity contribution in [3.63, 3.8) is 0 Å². The number of guanidine groups is 1. The molecule has 0 aromatic heterocycles. The molecule has 0 saturated carbocycles. The minimum atomic E-state index is -0.489. The van der Waals surface area contributed by atoms with E-state index in [-0.39, 0.29) is 18.0 Å². The topological polar surface area (TPSA) is 56.7 Å². The predicted molar refractivity (Wildman–Crippen MR) is 107 cm³/mol. The zero-order chi connectivity index (χ0) is 20.5. The van der Waals surface area contributed by atoms with Crippen LogP contribution in [0.25, 0.3) is 0 Å². The summed E-state index contributed by atoms with van der Waals surface area (Å²) in [5.74, 6) is -0.492. The van der Waals surface area contributed by atoms with Gasteiger partial charge in [-0.2, -0.15) is 0 Å². The number of hydrogen-bond donors (Lipinski definition) is 2. The van der Waals surface area contributed by atoms with E-state index in [0.717, 1.165) is 23.8 Å². The molecule has 0 saturated heterocycles. The summed E-state index contributed by atoms with van der Waals surface area (Å²) in [6.07, 6.45) is 0.688. The smallest absolute Gasteiger partial charge is 0.253 e. The van der Waals surface area contributed by atoms with Crippen molar-refractivity contribution < 1.29 is 13.6 Å². The van der Waals surface area contributed by atoms with Gasteiger partial charge in [-0.15, -0.1) is 0 Å². The van der Waals surface area contributed by atoms with E-state index in [1.54, 1.807) is 25.1 Å². The lowest BCUT2D eigenvalue weighted by Gasteiger charge is -2.13. The summed E-state index contributed by atoms with van der Waals surface area (Å²) in [5.41, 5.74) is 1.86. The van der Waals surface area contributed by atoms with Crippen LogP contribution in [0.1, 0.15) is 28.4 Å². The maximum Gasteiger partial charge on any atom is 0.253 e. The first kappa shape index (κ1) is 21.3. The molecular weight excluding hydrogens is 362 g/mol. The lowest BCUT2D eigenvalue weighted by atomic mass is 10.1. The third kappa shape index (κ3) is 6.33. The van der Waals surface area contributed by atoms with Crippen LogP contribution >= 0.6 is 0 Å². The van der Waals surface area contributed by atoms with Crippen LogP contribution < -0.4 is 10.6 Å². The molecule has 0 aliphatic heterocycles. The van der Waals surface area contributed by atoms with Crippen LogP contribution in [0.15, 0.2) is 47.5 Å². The first-order valence-corrected chi connectivity index (χ1v) is 9.17. The monoisotopic (exact) mass is 388 g/mol. The molecule has 7 heteroatoms. The van der Waals surface area contributed by atoms with Gasteiger partial charge in [0.15, 0.2) is 5.96 Å². The van der Waals surface area contributed by atoms with E-state index in [2.05, 4.69) is 15.6 Å². The van der Waals surface area contributed by atoms with Crippen LogP contribution in [0, 0.1) is 11.6 Å². The van der Waals surface area contributed by atoms with Crippen molar-refractivity contribution in [2.75, 3.05) is 27.2 Å². The highest BCUT2D eigenvalue weighted by molar-refractivity contribution is 5.94. The molecule has 0 heterocycles. The van der Waals surface area contributed by atoms with Gasteiger partial charge in [-0.3, -0.25) is 4.79 Å². The number of hydrogen-bond acceptors (Lipinski definition) is 2. The Kier molecular flexibility index (Phi) is 7.92. The van der Waals surface area contributed by atoms with E-state index < -0.39 is 11.6 Å². The Hall–Kier alpha value is -2.96. The second kappa shape index (κ2) is 10.4. The SMILES string of the molecule is CCNC(=NCc1cc(F)ccc1F)NCCc1cccc(C(=O)N(C)C)c1. The lowest BCUT2D eigenvalue weighted by molar-refractivity contribution is 0.0827. The molecule has 0 unspecified atom stereocenters. The average molecular weight is 388 g/mol. The number of nitrogens with zero attached hydrogens (tertiary/aromatic N) is 2. The number of carbonyl (C=O) groups excluding carboxylic acids is 1. The fraction of sp³-hybridized carbons (Fsp3) is 0.333. The highest BCUT2D eigenvalue weighted by Crippen LogP contribution is 2.11. The number of rotatable bonds is 7. The van der Waals surface area contributed by atoms with Crippen LogP contribution in [-0.2, 0) is 13.0 Å². The summed E-state index contributed by atoms with van der Waals surface area (Å²) in [7, 11) is 3.44. The van der Waals surface area contributed by atoms with E-state index in [9.17, 15) is 13.6 Å². The van der Waals surface area contributed by atoms with Gasteiger partial charge in [-0.05, 0) is 49.2 Å². The number of amides is 1. The van der Waals surface area contributed by atoms with E-state index in [4.69, 9.17) is 0 Å². The van der Waals surface area contributed by atoms with Gasteiger partial charge in [0.1, 0.15) is 11.6 Å². The Bertz CT molecular complexity index is 837. The van der Waals surface area contributed by atoms with Gasteiger partial charge in [-0.25, -0.2) is 13.8 Å². The molecular formula is C21H26F2N4O. The van der Waals surface area contributed by atoms with Crippen molar-refractivity contribution in [3.05, 3.63) is 70.8 Å². The third-order valence-corrected chi connectivity index (χ3v) is 4.05. The zero-order valence-corrected chi connectivity index (χ0v) is 16.4. The second-order valence-electron chi connectivity index (χ2n) is 6.51. The molecule has 0 spiro atoms. The molecule has 2 rings (SSSR count). The number of carbonyl (C=O) groups is 1. The van der Waals surface area contributed by atoms with Crippen LogP contribution in [0.4, 0.5) is 8.78 Å². The second-order valence-corrected chi connectivity index (χ2v) is 6.51. The molecule has 5 nitrogen and oxygen atoms in total. The Morgan fingerprint density at radius 2 is 1.89 bits per heavy atom. The summed E-state index contributed by atoms with van der Waals surface area (Å²) in [6.45, 7) is 3.18. The van der Waals surface area contributed by atoms with Crippen molar-refractivity contribution in [3.8, 4) is 0 Å². The molecule has 0 fully saturated rings. The zero-order valence-electron chi connectivity index (χ0n) is 16.4. The van der Waals surface area contributed by atoms with Gasteiger partial charge < -0.3 is 15.5 Å². The fourth-order valence-corrected chi connectivity index (χ4v) is 2.61. The van der Waals surface area contributed by atoms with Gasteiger partial charge in [0.05, 0.1) is 6.54 Å². The van der Waals surface area contributed by atoms with Crippen LogP contribution in [0.2, 0.25) is 0 Å². The van der Waals surface area contributed by atoms with Crippen LogP contribution in [0.5, 0.6) is 0 Å². The summed E-state index contributed by atoms with van der Waals surface area (Å²) < 4.78 is 27.0. The van der Waals surface area contributed by atoms with E-state index >= 15 is 0 Å². The summed E-state index contributed by atoms with van der Waals surface area (Å²) in [5, 5.41) is 6.25. The number of nitrogens with one attached hydrogen (secondary N) is 2. The normalized spacial score (nSPS) is 11.2. The molecule has 28 heavy (non-hydrogen) atoms. The summed E-state index contributed by atoms with van der Waals surface area (Å²) in [6, 6.07) is 10.8. The van der Waals surface area contributed by atoms with Crippen LogP contribution in [0.3, 0.4) is 0 Å². The minimum absolute atomic E-state index is 0.0335. The first-order valence-electron chi connectivity index (χ1n) is 9.17. The van der Waals surface area contributed by atoms with Gasteiger partial charge in [-0.1, -0.05) is 12.1 Å². The highest BCUT2D eigenvalue weighted by atomic mass is 19.1. The van der Waals surface area contributed by atoms with Crippen molar-refractivity contribution in [1.29, 1.82) is 0 Å². The van der Waals surface area contributed by atoms with Crippen molar-refractivity contribution in [2.24, 2.45) is 4.99 Å². The highest BCUT2D eigenvalue weighted by Gasteiger charge is 2.08. The Balaban J connectivity index is 1.97. The maximum absolute atomic E-state index is 13.7. The molecule has 2 N–H and O–H groups in total. The lowest BCUT2D eigenvalue weighted by Crippen LogP contribution is -2.38. The average Bonchev–Trinajstić information content (AvgIpc) is 2.68. The number of benzene rings is 2. The molecule has 0 bridgehead atoms. The molecule has 0 atom stereocenters. The standard InChI is InChI=1S/C21H26F2N4O/c1-4-24-21(26-14-17-13-18(22)8-9-19(17)23)25-11-10-15-6-5-7-16(12-15)20(28)27(2)3/h5-9,12-13H,4,10-11,14H2,1-3H3,(H2,24,25,26). The van der Waals surface area contributed by atoms with Gasteiger partial charge in [0.25, 0.3) is 5.91 Å². The van der Waals surface area contributed by atoms with Gasteiger partial charge >= 0.3 is 0 Å². The first-order chi connectivity index (χ1) is 13.4. The summed E-state index contributed by atoms with van der Waals surface area (Å²) in [4.78, 5) is 17.9. The van der Waals surface area contributed by atoms with E-state index in [1.165, 1.54) is 0 Å². The van der Waals surface area contributed by atoms with Gasteiger partial charge in [0, 0.05) is 38.3 Å². The third-order valence-electron chi connectivity index (χ3n) is 4.05. The van der Waals surface area contributed by atoms with E-state index in [0.29, 0.717) is 31.0 Å². The Labute approximate surface area is 164 Å². The molecule has 0 aliphatic rings. The van der Waals surface area contributed by atoms with Crippen molar-refractivity contribution in [2.45, 2.75) is 19.9 Å². The molecule has 2 aromatic carbocycles. The maximum atomic E-state index is 13.7. The molecule has 0 aliphatic carbocycles. The molecule has 0 radical (unpaired) electrons.